The van der Waals surface area contributed by atoms with Crippen LogP contribution in [0.25, 0.3) is 12.2 Å². The Balaban J connectivity index is 1.32. The van der Waals surface area contributed by atoms with Gasteiger partial charge < -0.3 is 10.1 Å². The number of rotatable bonds is 8. The van der Waals surface area contributed by atoms with Gasteiger partial charge in [0.15, 0.2) is 0 Å². The van der Waals surface area contributed by atoms with Crippen molar-refractivity contribution in [1.29, 1.82) is 0 Å². The first-order valence-corrected chi connectivity index (χ1v) is 10.2. The lowest BCUT2D eigenvalue weighted by Crippen LogP contribution is -2.25. The summed E-state index contributed by atoms with van der Waals surface area (Å²) in [4.78, 5) is 19.1. The smallest absolute Gasteiger partial charge is 0.274 e. The Bertz CT molecular complexity index is 976. The number of nitrogens with one attached hydrogen (secondary N) is 2. The molecule has 154 valence electrons. The maximum absolute atomic E-state index is 12.6. The van der Waals surface area contributed by atoms with E-state index < -0.39 is 0 Å². The van der Waals surface area contributed by atoms with Crippen molar-refractivity contribution in [2.45, 2.75) is 12.8 Å². The van der Waals surface area contributed by atoms with E-state index in [9.17, 15) is 4.79 Å². The molecule has 4 rings (SSSR count). The van der Waals surface area contributed by atoms with E-state index in [1.807, 2.05) is 48.6 Å². The van der Waals surface area contributed by atoms with E-state index in [0.29, 0.717) is 23.6 Å². The van der Waals surface area contributed by atoms with Gasteiger partial charge in [0.05, 0.1) is 6.20 Å². The number of nitrogens with zero attached hydrogens (tertiary/aromatic N) is 3. The zero-order valence-corrected chi connectivity index (χ0v) is 16.8. The van der Waals surface area contributed by atoms with Crippen molar-refractivity contribution in [2.75, 3.05) is 31.6 Å². The van der Waals surface area contributed by atoms with Gasteiger partial charge in [-0.15, -0.1) is 0 Å². The van der Waals surface area contributed by atoms with Crippen LogP contribution in [-0.4, -0.2) is 52.2 Å². The zero-order chi connectivity index (χ0) is 20.6. The highest BCUT2D eigenvalue weighted by Crippen LogP contribution is 2.18. The predicted octanol–water partition coefficient (Wildman–Crippen LogP) is 3.70. The Hall–Kier alpha value is -3.45. The topological polar surface area (TPSA) is 83.1 Å². The molecule has 7 nitrogen and oxygen atoms in total. The van der Waals surface area contributed by atoms with E-state index in [-0.39, 0.29) is 5.91 Å². The standard InChI is InChI=1S/C23H25N5O2/c29-23(22-19(17-25-27-22)6-5-18-4-3-11-24-16-18)26-20-7-9-21(10-8-20)30-15-14-28-12-1-2-13-28/h3-11,16-17H,1-2,12-15H2,(H,25,27)(H,26,29)/b6-5+. The Labute approximate surface area is 175 Å². The second-order valence-electron chi connectivity index (χ2n) is 7.20. The van der Waals surface area contributed by atoms with Gasteiger partial charge in [-0.2, -0.15) is 5.10 Å². The van der Waals surface area contributed by atoms with Gasteiger partial charge in [-0.3, -0.25) is 19.8 Å². The minimum absolute atomic E-state index is 0.249. The van der Waals surface area contributed by atoms with E-state index in [1.165, 1.54) is 25.9 Å². The third kappa shape index (κ3) is 5.33. The van der Waals surface area contributed by atoms with E-state index in [2.05, 4.69) is 25.4 Å². The first kappa shape index (κ1) is 19.8. The minimum atomic E-state index is -0.249. The molecule has 0 unspecified atom stereocenters. The number of H-pyrrole nitrogens is 1. The molecule has 2 aromatic heterocycles. The van der Waals surface area contributed by atoms with Crippen LogP contribution in [0, 0.1) is 0 Å². The molecule has 0 aliphatic carbocycles. The largest absolute Gasteiger partial charge is 0.492 e. The molecule has 0 radical (unpaired) electrons. The van der Waals surface area contributed by atoms with E-state index in [4.69, 9.17) is 4.74 Å². The highest BCUT2D eigenvalue weighted by Gasteiger charge is 2.13. The number of benzene rings is 1. The minimum Gasteiger partial charge on any atom is -0.492 e. The van der Waals surface area contributed by atoms with Crippen LogP contribution in [0.15, 0.2) is 55.0 Å². The fourth-order valence-corrected chi connectivity index (χ4v) is 3.39. The van der Waals surface area contributed by atoms with E-state index >= 15 is 0 Å². The van der Waals surface area contributed by atoms with Crippen LogP contribution in [0.3, 0.4) is 0 Å². The van der Waals surface area contributed by atoms with Crippen LogP contribution >= 0.6 is 0 Å². The molecule has 1 saturated heterocycles. The molecular weight excluding hydrogens is 378 g/mol. The monoisotopic (exact) mass is 403 g/mol. The summed E-state index contributed by atoms with van der Waals surface area (Å²) >= 11 is 0. The number of aromatic nitrogens is 3. The number of hydrogen-bond donors (Lipinski definition) is 2. The normalized spacial score (nSPS) is 14.3. The van der Waals surface area contributed by atoms with Crippen LogP contribution < -0.4 is 10.1 Å². The van der Waals surface area contributed by atoms with Crippen LogP contribution in [0.1, 0.15) is 34.5 Å². The van der Waals surface area contributed by atoms with Gasteiger partial charge in [-0.05, 0) is 61.8 Å². The number of hydrogen-bond acceptors (Lipinski definition) is 5. The first-order chi connectivity index (χ1) is 14.8. The molecular formula is C23H25N5O2. The van der Waals surface area contributed by atoms with Crippen molar-refractivity contribution in [2.24, 2.45) is 0 Å². The summed E-state index contributed by atoms with van der Waals surface area (Å²) in [6.07, 6.45) is 11.4. The number of carbonyl (C=O) groups excluding carboxylic acids is 1. The molecule has 0 atom stereocenters. The van der Waals surface area contributed by atoms with Crippen LogP contribution in [-0.2, 0) is 0 Å². The highest BCUT2D eigenvalue weighted by atomic mass is 16.5. The maximum Gasteiger partial charge on any atom is 0.274 e. The van der Waals surface area contributed by atoms with Crippen molar-refractivity contribution >= 4 is 23.7 Å². The van der Waals surface area contributed by atoms with Crippen LogP contribution in [0.5, 0.6) is 5.75 Å². The molecule has 7 heteroatoms. The fraction of sp³-hybridized carbons (Fsp3) is 0.261. The number of amides is 1. The Morgan fingerprint density at radius 1 is 1.13 bits per heavy atom. The molecule has 0 saturated carbocycles. The van der Waals surface area contributed by atoms with Gasteiger partial charge in [0.1, 0.15) is 18.1 Å². The average molecular weight is 403 g/mol. The van der Waals surface area contributed by atoms with Gasteiger partial charge in [0.25, 0.3) is 5.91 Å². The lowest BCUT2D eigenvalue weighted by atomic mass is 10.2. The number of aromatic amines is 1. The Kier molecular flexibility index (Phi) is 6.51. The number of pyridine rings is 1. The molecule has 1 fully saturated rings. The number of likely N-dealkylation sites (tertiary alicyclic amines) is 1. The predicted molar refractivity (Wildman–Crippen MR) is 117 cm³/mol. The van der Waals surface area contributed by atoms with Gasteiger partial charge in [-0.1, -0.05) is 18.2 Å². The van der Waals surface area contributed by atoms with Crippen molar-refractivity contribution in [3.05, 3.63) is 71.8 Å². The van der Waals surface area contributed by atoms with E-state index in [1.54, 1.807) is 18.6 Å². The second kappa shape index (κ2) is 9.84. The van der Waals surface area contributed by atoms with Gasteiger partial charge >= 0.3 is 0 Å². The fourth-order valence-electron chi connectivity index (χ4n) is 3.39. The third-order valence-electron chi connectivity index (χ3n) is 5.02. The summed E-state index contributed by atoms with van der Waals surface area (Å²) < 4.78 is 5.81. The molecule has 3 aromatic rings. The summed E-state index contributed by atoms with van der Waals surface area (Å²) in [6, 6.07) is 11.2. The Morgan fingerprint density at radius 2 is 1.97 bits per heavy atom. The molecule has 3 heterocycles. The molecule has 1 aliphatic heterocycles. The summed E-state index contributed by atoms with van der Waals surface area (Å²) in [7, 11) is 0. The molecule has 0 spiro atoms. The van der Waals surface area contributed by atoms with Gasteiger partial charge in [0.2, 0.25) is 0 Å². The molecule has 30 heavy (non-hydrogen) atoms. The first-order valence-electron chi connectivity index (χ1n) is 10.2. The van der Waals surface area contributed by atoms with Crippen LogP contribution in [0.2, 0.25) is 0 Å². The average Bonchev–Trinajstić information content (AvgIpc) is 3.46. The molecule has 2 N–H and O–H groups in total. The Morgan fingerprint density at radius 3 is 2.73 bits per heavy atom. The van der Waals surface area contributed by atoms with Crippen molar-refractivity contribution in [3.63, 3.8) is 0 Å². The van der Waals surface area contributed by atoms with Gasteiger partial charge in [-0.25, -0.2) is 0 Å². The van der Waals surface area contributed by atoms with E-state index in [0.717, 1.165) is 17.9 Å². The third-order valence-corrected chi connectivity index (χ3v) is 5.02. The molecule has 0 bridgehead atoms. The van der Waals surface area contributed by atoms with Crippen molar-refractivity contribution in [3.8, 4) is 5.75 Å². The highest BCUT2D eigenvalue weighted by molar-refractivity contribution is 6.05. The molecule has 1 amide bonds. The number of anilines is 1. The molecule has 1 aromatic carbocycles. The lowest BCUT2D eigenvalue weighted by Gasteiger charge is -2.15. The summed E-state index contributed by atoms with van der Waals surface area (Å²) in [5.41, 5.74) is 2.76. The van der Waals surface area contributed by atoms with Crippen molar-refractivity contribution in [1.82, 2.24) is 20.1 Å². The quantitative estimate of drug-likeness (QED) is 0.599. The van der Waals surface area contributed by atoms with Crippen molar-refractivity contribution < 1.29 is 9.53 Å². The maximum atomic E-state index is 12.6. The van der Waals surface area contributed by atoms with Crippen LogP contribution in [0.4, 0.5) is 5.69 Å². The summed E-state index contributed by atoms with van der Waals surface area (Å²) in [5, 5.41) is 9.66. The summed E-state index contributed by atoms with van der Waals surface area (Å²) in [6.45, 7) is 3.96. The number of ether oxygens (including phenoxy) is 1. The number of carbonyl (C=O) groups is 1. The second-order valence-corrected chi connectivity index (χ2v) is 7.20. The summed E-state index contributed by atoms with van der Waals surface area (Å²) in [5.74, 6) is 0.551. The zero-order valence-electron chi connectivity index (χ0n) is 16.8. The molecule has 1 aliphatic rings. The SMILES string of the molecule is O=C(Nc1ccc(OCCN2CCCC2)cc1)c1[nH]ncc1/C=C/c1cccnc1. The lowest BCUT2D eigenvalue weighted by molar-refractivity contribution is 0.102. The van der Waals surface area contributed by atoms with Gasteiger partial charge in [0, 0.05) is 30.2 Å².